The van der Waals surface area contributed by atoms with E-state index in [0.717, 1.165) is 12.8 Å². The van der Waals surface area contributed by atoms with Crippen molar-refractivity contribution in [3.8, 4) is 5.75 Å². The third kappa shape index (κ3) is 2.67. The van der Waals surface area contributed by atoms with Crippen molar-refractivity contribution in [3.05, 3.63) is 40.8 Å². The molecule has 1 saturated carbocycles. The SMILES string of the molecule is C=C[C@]1(C)C[C@H](C)C[C@H](C)[C@H]1c1c(OC)ccn(OC)c1=O. The molecule has 22 heavy (non-hydrogen) atoms. The maximum atomic E-state index is 12.8. The Morgan fingerprint density at radius 1 is 1.41 bits per heavy atom. The van der Waals surface area contributed by atoms with Gasteiger partial charge in [0.05, 0.1) is 18.9 Å². The van der Waals surface area contributed by atoms with E-state index >= 15 is 0 Å². The van der Waals surface area contributed by atoms with Crippen molar-refractivity contribution in [2.75, 3.05) is 14.2 Å². The van der Waals surface area contributed by atoms with E-state index in [1.165, 1.54) is 11.8 Å². The number of hydrogen-bond donors (Lipinski definition) is 0. The van der Waals surface area contributed by atoms with Gasteiger partial charge in [0.1, 0.15) is 12.9 Å². The van der Waals surface area contributed by atoms with E-state index in [-0.39, 0.29) is 16.9 Å². The van der Waals surface area contributed by atoms with Crippen LogP contribution in [0.4, 0.5) is 0 Å². The summed E-state index contributed by atoms with van der Waals surface area (Å²) in [7, 11) is 3.10. The molecule has 4 nitrogen and oxygen atoms in total. The first kappa shape index (κ1) is 16.7. The van der Waals surface area contributed by atoms with Gasteiger partial charge in [-0.05, 0) is 30.1 Å². The predicted octanol–water partition coefficient (Wildman–Crippen LogP) is 3.26. The predicted molar refractivity (Wildman–Crippen MR) is 88.4 cm³/mol. The summed E-state index contributed by atoms with van der Waals surface area (Å²) in [5.74, 6) is 1.71. The third-order valence-corrected chi connectivity index (χ3v) is 5.09. The van der Waals surface area contributed by atoms with Gasteiger partial charge in [-0.2, -0.15) is 4.73 Å². The Morgan fingerprint density at radius 2 is 2.09 bits per heavy atom. The molecular weight excluding hydrogens is 278 g/mol. The van der Waals surface area contributed by atoms with Crippen molar-refractivity contribution < 1.29 is 9.57 Å². The highest BCUT2D eigenvalue weighted by Gasteiger charge is 2.44. The molecule has 0 aromatic carbocycles. The molecule has 1 aromatic rings. The zero-order chi connectivity index (χ0) is 16.5. The second-order valence-electron chi connectivity index (χ2n) is 6.82. The molecule has 0 aliphatic heterocycles. The molecule has 0 unspecified atom stereocenters. The fraction of sp³-hybridized carbons (Fsp3) is 0.611. The normalized spacial score (nSPS) is 31.6. The molecule has 4 heteroatoms. The van der Waals surface area contributed by atoms with E-state index in [1.54, 1.807) is 19.4 Å². The van der Waals surface area contributed by atoms with Crippen molar-refractivity contribution >= 4 is 0 Å². The molecule has 1 aliphatic carbocycles. The molecule has 4 atom stereocenters. The van der Waals surface area contributed by atoms with Crippen molar-refractivity contribution in [2.45, 2.75) is 39.5 Å². The number of rotatable bonds is 4. The van der Waals surface area contributed by atoms with Crippen molar-refractivity contribution in [1.82, 2.24) is 4.73 Å². The Morgan fingerprint density at radius 3 is 2.64 bits per heavy atom. The first-order chi connectivity index (χ1) is 10.4. The van der Waals surface area contributed by atoms with Crippen LogP contribution in [0, 0.1) is 17.3 Å². The summed E-state index contributed by atoms with van der Waals surface area (Å²) in [5.41, 5.74) is 0.436. The van der Waals surface area contributed by atoms with Crippen molar-refractivity contribution in [2.24, 2.45) is 17.3 Å². The Hall–Kier alpha value is -1.71. The Bertz CT molecular complexity index is 607. The molecule has 1 fully saturated rings. The van der Waals surface area contributed by atoms with Crippen LogP contribution >= 0.6 is 0 Å². The highest BCUT2D eigenvalue weighted by Crippen LogP contribution is 2.53. The number of allylic oxidation sites excluding steroid dienone is 1. The monoisotopic (exact) mass is 305 g/mol. The number of hydrogen-bond acceptors (Lipinski definition) is 3. The lowest BCUT2D eigenvalue weighted by atomic mass is 9.58. The summed E-state index contributed by atoms with van der Waals surface area (Å²) in [6.07, 6.45) is 5.73. The Labute approximate surface area is 132 Å². The van der Waals surface area contributed by atoms with Crippen LogP contribution in [0.2, 0.25) is 0 Å². The largest absolute Gasteiger partial charge is 0.496 e. The number of ether oxygens (including phenoxy) is 1. The fourth-order valence-electron chi connectivity index (χ4n) is 4.33. The zero-order valence-electron chi connectivity index (χ0n) is 14.3. The van der Waals surface area contributed by atoms with Crippen LogP contribution in [0.3, 0.4) is 0 Å². The second-order valence-corrected chi connectivity index (χ2v) is 6.82. The average Bonchev–Trinajstić information content (AvgIpc) is 2.47. The molecule has 122 valence electrons. The lowest BCUT2D eigenvalue weighted by Gasteiger charge is -2.46. The molecule has 1 aromatic heterocycles. The van der Waals surface area contributed by atoms with Gasteiger partial charge in [-0.15, -0.1) is 6.58 Å². The molecule has 0 N–H and O–H groups in total. The van der Waals surface area contributed by atoms with Crippen molar-refractivity contribution in [1.29, 1.82) is 0 Å². The number of pyridine rings is 1. The average molecular weight is 305 g/mol. The van der Waals surface area contributed by atoms with Crippen LogP contribution in [-0.2, 0) is 0 Å². The number of aromatic nitrogens is 1. The minimum atomic E-state index is -0.138. The summed E-state index contributed by atoms with van der Waals surface area (Å²) < 4.78 is 6.76. The van der Waals surface area contributed by atoms with Crippen LogP contribution in [0.15, 0.2) is 29.7 Å². The van der Waals surface area contributed by atoms with Gasteiger partial charge >= 0.3 is 0 Å². The lowest BCUT2D eigenvalue weighted by Crippen LogP contribution is -2.40. The number of methoxy groups -OCH3 is 1. The first-order valence-electron chi connectivity index (χ1n) is 7.85. The standard InChI is InChI=1S/C18H27NO3/c1-7-18(4)11-12(2)10-13(3)16(18)15-14(21-5)8-9-19(22-6)17(15)20/h7-9,12-13,16H,1,10-11H2,2-6H3/t12-,13+,16+,18-/m1/s1. The van der Waals surface area contributed by atoms with Crippen LogP contribution in [0.5, 0.6) is 5.75 Å². The highest BCUT2D eigenvalue weighted by atomic mass is 16.6. The molecule has 0 spiro atoms. The van der Waals surface area contributed by atoms with Gasteiger partial charge in [0.2, 0.25) is 0 Å². The van der Waals surface area contributed by atoms with Gasteiger partial charge in [0, 0.05) is 12.0 Å². The molecular formula is C18H27NO3. The summed E-state index contributed by atoms with van der Waals surface area (Å²) in [4.78, 5) is 18.0. The Balaban J connectivity index is 2.66. The fourth-order valence-corrected chi connectivity index (χ4v) is 4.33. The molecule has 1 aliphatic rings. The molecule has 0 radical (unpaired) electrons. The van der Waals surface area contributed by atoms with E-state index in [9.17, 15) is 4.79 Å². The number of nitrogens with zero attached hydrogens (tertiary/aromatic N) is 1. The van der Waals surface area contributed by atoms with Crippen LogP contribution in [0.1, 0.15) is 45.1 Å². The molecule has 0 amide bonds. The quantitative estimate of drug-likeness (QED) is 0.802. The van der Waals surface area contributed by atoms with Gasteiger partial charge in [0.25, 0.3) is 5.56 Å². The van der Waals surface area contributed by atoms with E-state index in [4.69, 9.17) is 9.57 Å². The lowest BCUT2D eigenvalue weighted by molar-refractivity contribution is 0.119. The summed E-state index contributed by atoms with van der Waals surface area (Å²) in [6.45, 7) is 10.7. The van der Waals surface area contributed by atoms with Crippen LogP contribution < -0.4 is 15.1 Å². The van der Waals surface area contributed by atoms with Crippen LogP contribution in [-0.4, -0.2) is 19.0 Å². The van der Waals surface area contributed by atoms with E-state index < -0.39 is 0 Å². The molecule has 0 saturated heterocycles. The highest BCUT2D eigenvalue weighted by molar-refractivity contribution is 5.37. The zero-order valence-corrected chi connectivity index (χ0v) is 14.3. The summed E-state index contributed by atoms with van der Waals surface area (Å²) in [5, 5.41) is 0. The van der Waals surface area contributed by atoms with Gasteiger partial charge in [0.15, 0.2) is 0 Å². The maximum absolute atomic E-state index is 12.8. The molecule has 1 heterocycles. The molecule has 2 rings (SSSR count). The van der Waals surface area contributed by atoms with E-state index in [2.05, 4.69) is 27.4 Å². The van der Waals surface area contributed by atoms with Gasteiger partial charge in [-0.3, -0.25) is 4.79 Å². The van der Waals surface area contributed by atoms with E-state index in [0.29, 0.717) is 23.1 Å². The molecule has 0 bridgehead atoms. The minimum Gasteiger partial charge on any atom is -0.496 e. The minimum absolute atomic E-state index is 0.0752. The van der Waals surface area contributed by atoms with Crippen LogP contribution in [0.25, 0.3) is 0 Å². The third-order valence-electron chi connectivity index (χ3n) is 5.09. The van der Waals surface area contributed by atoms with Gasteiger partial charge in [-0.1, -0.05) is 26.8 Å². The second kappa shape index (κ2) is 6.19. The van der Waals surface area contributed by atoms with E-state index in [1.807, 2.05) is 6.08 Å². The van der Waals surface area contributed by atoms with Crippen molar-refractivity contribution in [3.63, 3.8) is 0 Å². The van der Waals surface area contributed by atoms with Gasteiger partial charge < -0.3 is 9.57 Å². The van der Waals surface area contributed by atoms with Gasteiger partial charge in [-0.25, -0.2) is 0 Å². The summed E-state index contributed by atoms with van der Waals surface area (Å²) in [6, 6.07) is 1.80. The topological polar surface area (TPSA) is 40.5 Å². The smallest absolute Gasteiger partial charge is 0.290 e. The Kier molecular flexibility index (Phi) is 4.69. The first-order valence-corrected chi connectivity index (χ1v) is 7.85. The summed E-state index contributed by atoms with van der Waals surface area (Å²) >= 11 is 0. The maximum Gasteiger partial charge on any atom is 0.290 e.